The van der Waals surface area contributed by atoms with E-state index in [4.69, 9.17) is 14.5 Å². The predicted octanol–water partition coefficient (Wildman–Crippen LogP) is 7.68. The van der Waals surface area contributed by atoms with Crippen LogP contribution in [0.3, 0.4) is 0 Å². The van der Waals surface area contributed by atoms with E-state index >= 15 is 0 Å². The number of nitrogens with zero attached hydrogens (tertiary/aromatic N) is 1. The molecule has 7 nitrogen and oxygen atoms in total. The van der Waals surface area contributed by atoms with E-state index in [0.717, 1.165) is 45.8 Å². The summed E-state index contributed by atoms with van der Waals surface area (Å²) in [6, 6.07) is 15.2. The third kappa shape index (κ3) is 9.59. The maximum atomic E-state index is 13.2. The van der Waals surface area contributed by atoms with E-state index in [1.165, 1.54) is 0 Å². The molecule has 246 valence electrons. The first-order valence-electron chi connectivity index (χ1n) is 15.3. The van der Waals surface area contributed by atoms with Crippen LogP contribution in [-0.2, 0) is 4.79 Å². The summed E-state index contributed by atoms with van der Waals surface area (Å²) in [7, 11) is 1.63. The lowest BCUT2D eigenvalue weighted by Crippen LogP contribution is -2.43. The number of anilines is 1. The number of hydrogen-bond acceptors (Lipinski definition) is 8. The number of methoxy groups -OCH3 is 1. The molecule has 0 fully saturated rings. The van der Waals surface area contributed by atoms with E-state index in [9.17, 15) is 23.1 Å². The topological polar surface area (TPSA) is 92.2 Å². The Kier molecular flexibility index (Phi) is 12.6. The Balaban J connectivity index is 1.35. The van der Waals surface area contributed by atoms with Crippen LogP contribution in [0.2, 0.25) is 0 Å². The minimum absolute atomic E-state index is 0.00538. The number of nitrogens with one attached hydrogen (secondary N) is 2. The van der Waals surface area contributed by atoms with Gasteiger partial charge in [0, 0.05) is 41.2 Å². The Bertz CT molecular complexity index is 1320. The second kappa shape index (κ2) is 16.1. The van der Waals surface area contributed by atoms with Crippen LogP contribution in [0.1, 0.15) is 46.0 Å². The van der Waals surface area contributed by atoms with Gasteiger partial charge in [0.15, 0.2) is 0 Å². The highest BCUT2D eigenvalue weighted by atomic mass is 32.2. The van der Waals surface area contributed by atoms with Gasteiger partial charge in [0.05, 0.1) is 24.1 Å². The zero-order chi connectivity index (χ0) is 32.5. The van der Waals surface area contributed by atoms with Gasteiger partial charge in [-0.3, -0.25) is 4.99 Å². The number of aliphatic carboxylic acids is 1. The number of rotatable bonds is 16. The number of thioether (sulfide) groups is 2. The zero-order valence-corrected chi connectivity index (χ0v) is 27.5. The van der Waals surface area contributed by atoms with Crippen LogP contribution >= 0.6 is 23.5 Å². The molecule has 3 N–H and O–H groups in total. The average Bonchev–Trinajstić information content (AvgIpc) is 3.45. The zero-order valence-electron chi connectivity index (χ0n) is 25.9. The standard InChI is InChI=1S/C33H42F3N3O4S2/c1-4-32(5-2,31(40)41)43-26-14-16-27(17-15-26)44-21-29-28(20-37-18-19-38-24-10-12-25(42-3)13-11-24)39-30(45-29)22-6-8-23(9-7-22)33(34,35)36/h6,10-17,23,28-29,37-38H,4-5,7-9,18-21H2,1-3H3,(H,40,41). The number of hydrogen-bond donors (Lipinski definition) is 3. The van der Waals surface area contributed by atoms with Crippen LogP contribution < -0.4 is 20.1 Å². The van der Waals surface area contributed by atoms with Crippen molar-refractivity contribution in [1.29, 1.82) is 0 Å². The third-order valence-electron chi connectivity index (χ3n) is 8.28. The second-order valence-electron chi connectivity index (χ2n) is 11.2. The lowest BCUT2D eigenvalue weighted by atomic mass is 9.89. The van der Waals surface area contributed by atoms with E-state index in [0.29, 0.717) is 31.6 Å². The van der Waals surface area contributed by atoms with Crippen molar-refractivity contribution in [3.8, 4) is 11.5 Å². The van der Waals surface area contributed by atoms with Gasteiger partial charge in [-0.1, -0.05) is 19.9 Å². The summed E-state index contributed by atoms with van der Waals surface area (Å²) in [6.45, 7) is 5.71. The highest BCUT2D eigenvalue weighted by Gasteiger charge is 2.41. The molecule has 1 heterocycles. The molecule has 0 radical (unpaired) electrons. The summed E-state index contributed by atoms with van der Waals surface area (Å²) < 4.78 is 50.8. The number of carboxylic acid groups (broad SMARTS) is 1. The van der Waals surface area contributed by atoms with Crippen LogP contribution in [0.25, 0.3) is 0 Å². The van der Waals surface area contributed by atoms with Crippen LogP contribution in [0, 0.1) is 5.92 Å². The summed E-state index contributed by atoms with van der Waals surface area (Å²) >= 11 is 3.34. The summed E-state index contributed by atoms with van der Waals surface area (Å²) in [4.78, 5) is 17.8. The van der Waals surface area contributed by atoms with Crippen molar-refractivity contribution in [1.82, 2.24) is 5.32 Å². The van der Waals surface area contributed by atoms with Gasteiger partial charge in [-0.05, 0) is 86.2 Å². The largest absolute Gasteiger partial charge is 0.497 e. The maximum Gasteiger partial charge on any atom is 0.392 e. The maximum absolute atomic E-state index is 13.2. The van der Waals surface area contributed by atoms with E-state index in [2.05, 4.69) is 10.6 Å². The van der Waals surface area contributed by atoms with Crippen LogP contribution in [0.5, 0.6) is 11.5 Å². The van der Waals surface area contributed by atoms with Crippen LogP contribution in [-0.4, -0.2) is 71.7 Å². The quantitative estimate of drug-likeness (QED) is 0.124. The fourth-order valence-electron chi connectivity index (χ4n) is 5.29. The van der Waals surface area contributed by atoms with Gasteiger partial charge in [-0.25, -0.2) is 4.79 Å². The summed E-state index contributed by atoms with van der Waals surface area (Å²) in [5.74, 6) is -0.182. The predicted molar refractivity (Wildman–Crippen MR) is 177 cm³/mol. The first-order valence-corrected chi connectivity index (χ1v) is 17.2. The molecule has 3 atom stereocenters. The molecular weight excluding hydrogens is 624 g/mol. The Morgan fingerprint density at radius 1 is 1.07 bits per heavy atom. The lowest BCUT2D eigenvalue weighted by Gasteiger charge is -2.28. The number of allylic oxidation sites excluding steroid dienone is 1. The number of benzene rings is 2. The van der Waals surface area contributed by atoms with Crippen molar-refractivity contribution in [2.75, 3.05) is 37.8 Å². The van der Waals surface area contributed by atoms with Crippen LogP contribution in [0.4, 0.5) is 18.9 Å². The molecule has 0 aromatic heterocycles. The van der Waals surface area contributed by atoms with Gasteiger partial charge in [-0.15, -0.1) is 23.5 Å². The van der Waals surface area contributed by atoms with Crippen molar-refractivity contribution >= 4 is 40.2 Å². The highest BCUT2D eigenvalue weighted by Crippen LogP contribution is 2.41. The lowest BCUT2D eigenvalue weighted by molar-refractivity contribution is -0.176. The van der Waals surface area contributed by atoms with Gasteiger partial charge in [0.2, 0.25) is 5.60 Å². The number of carbonyl (C=O) groups is 1. The number of carboxylic acids is 1. The Morgan fingerprint density at radius 2 is 1.76 bits per heavy atom. The molecule has 0 spiro atoms. The smallest absolute Gasteiger partial charge is 0.392 e. The molecule has 0 saturated heterocycles. The van der Waals surface area contributed by atoms with Gasteiger partial charge in [0.25, 0.3) is 0 Å². The molecule has 2 aliphatic rings. The molecule has 1 aliphatic carbocycles. The Hall–Kier alpha value is -2.83. The normalized spacial score (nSPS) is 20.4. The molecule has 0 bridgehead atoms. The average molecular weight is 666 g/mol. The SMILES string of the molecule is CCC(CC)(Oc1ccc(SCC2SC(C3=CCC(C(F)(F)F)CC3)=NC2CNCCNc2ccc(OC)cc2)cc1)C(=O)O. The third-order valence-corrected chi connectivity index (χ3v) is 11.0. The number of halogens is 3. The van der Waals surface area contributed by atoms with Crippen molar-refractivity contribution < 1.29 is 32.5 Å². The van der Waals surface area contributed by atoms with Crippen molar-refractivity contribution in [2.45, 2.75) is 73.9 Å². The molecule has 4 rings (SSSR count). The second-order valence-corrected chi connectivity index (χ2v) is 13.5. The number of alkyl halides is 3. The summed E-state index contributed by atoms with van der Waals surface area (Å²) in [5.41, 5.74) is 0.676. The molecule has 0 amide bonds. The van der Waals surface area contributed by atoms with Crippen molar-refractivity contribution in [2.24, 2.45) is 10.9 Å². The molecular formula is C33H42F3N3O4S2. The first-order chi connectivity index (χ1) is 21.6. The highest BCUT2D eigenvalue weighted by molar-refractivity contribution is 8.16. The van der Waals surface area contributed by atoms with Gasteiger partial charge in [-0.2, -0.15) is 13.2 Å². The Morgan fingerprint density at radius 3 is 2.33 bits per heavy atom. The molecule has 12 heteroatoms. The summed E-state index contributed by atoms with van der Waals surface area (Å²) in [6.07, 6.45) is -1.23. The van der Waals surface area contributed by atoms with Crippen molar-refractivity contribution in [3.63, 3.8) is 0 Å². The molecule has 0 saturated carbocycles. The van der Waals surface area contributed by atoms with E-state index in [1.807, 2.05) is 36.4 Å². The van der Waals surface area contributed by atoms with Gasteiger partial charge in [0.1, 0.15) is 11.5 Å². The van der Waals surface area contributed by atoms with Gasteiger partial charge < -0.3 is 25.2 Å². The first kappa shape index (κ1) is 35.0. The minimum Gasteiger partial charge on any atom is -0.497 e. The fourth-order valence-corrected chi connectivity index (χ4v) is 7.81. The van der Waals surface area contributed by atoms with E-state index in [1.54, 1.807) is 62.7 Å². The monoisotopic (exact) mass is 665 g/mol. The number of ether oxygens (including phenoxy) is 2. The summed E-state index contributed by atoms with van der Waals surface area (Å²) in [5, 5.41) is 17.6. The van der Waals surface area contributed by atoms with Gasteiger partial charge >= 0.3 is 12.1 Å². The Labute approximate surface area is 271 Å². The van der Waals surface area contributed by atoms with Crippen molar-refractivity contribution in [3.05, 3.63) is 60.2 Å². The molecule has 2 aromatic carbocycles. The number of aliphatic imine (C=N–C) groups is 1. The van der Waals surface area contributed by atoms with Crippen LogP contribution in [0.15, 0.2) is 70.1 Å². The minimum atomic E-state index is -4.17. The van der Waals surface area contributed by atoms with E-state index < -0.39 is 23.7 Å². The molecule has 1 aliphatic heterocycles. The molecule has 45 heavy (non-hydrogen) atoms. The molecule has 3 unspecified atom stereocenters. The fraction of sp³-hybridized carbons (Fsp3) is 0.515. The van der Waals surface area contributed by atoms with E-state index in [-0.39, 0.29) is 24.1 Å². The molecule has 2 aromatic rings.